The lowest BCUT2D eigenvalue weighted by Crippen LogP contribution is -2.35. The van der Waals surface area contributed by atoms with Gasteiger partial charge in [0.05, 0.1) is 0 Å². The van der Waals surface area contributed by atoms with Gasteiger partial charge >= 0.3 is 0 Å². The number of nitrogens with one attached hydrogen (secondary N) is 3. The summed E-state index contributed by atoms with van der Waals surface area (Å²) in [5.41, 5.74) is 5.67. The predicted molar refractivity (Wildman–Crippen MR) is 126 cm³/mol. The summed E-state index contributed by atoms with van der Waals surface area (Å²) in [6.45, 7) is 3.83. The number of nitrogens with zero attached hydrogens (tertiary/aromatic N) is 2. The van der Waals surface area contributed by atoms with E-state index in [0.717, 1.165) is 25.2 Å². The van der Waals surface area contributed by atoms with E-state index in [2.05, 4.69) is 40.0 Å². The van der Waals surface area contributed by atoms with Crippen LogP contribution in [0.5, 0.6) is 0 Å². The second-order valence-electron chi connectivity index (χ2n) is 8.39. The van der Waals surface area contributed by atoms with E-state index in [9.17, 15) is 9.59 Å². The van der Waals surface area contributed by atoms with Crippen LogP contribution in [0.3, 0.4) is 0 Å². The van der Waals surface area contributed by atoms with Gasteiger partial charge in [0.15, 0.2) is 0 Å². The minimum atomic E-state index is -0.532. The number of carbonyl (C=O) groups excluding carboxylic acids is 2. The van der Waals surface area contributed by atoms with Crippen molar-refractivity contribution >= 4 is 28.9 Å². The number of carbonyl (C=O) groups is 2. The molecule has 0 saturated carbocycles. The fourth-order valence-electron chi connectivity index (χ4n) is 3.87. The van der Waals surface area contributed by atoms with Crippen LogP contribution in [-0.4, -0.2) is 56.0 Å². The molecule has 0 radical (unpaired) electrons. The number of benzene rings is 2. The zero-order chi connectivity index (χ0) is 22.7. The van der Waals surface area contributed by atoms with E-state index < -0.39 is 6.04 Å². The van der Waals surface area contributed by atoms with Crippen LogP contribution in [0.2, 0.25) is 0 Å². The smallest absolute Gasteiger partial charge is 0.255 e. The molecule has 168 valence electrons. The Bertz CT molecular complexity index is 1000. The summed E-state index contributed by atoms with van der Waals surface area (Å²) >= 11 is 0. The van der Waals surface area contributed by atoms with Gasteiger partial charge in [0.2, 0.25) is 5.91 Å². The summed E-state index contributed by atoms with van der Waals surface area (Å²) in [6.07, 6.45) is 2.86. The lowest BCUT2D eigenvalue weighted by Gasteiger charge is -2.22. The first-order chi connectivity index (χ1) is 15.4. The molecule has 1 saturated heterocycles. The van der Waals surface area contributed by atoms with Gasteiger partial charge in [-0.25, -0.2) is 0 Å². The van der Waals surface area contributed by atoms with Gasteiger partial charge in [0, 0.05) is 41.8 Å². The molecule has 1 fully saturated rings. The molecule has 0 aromatic heterocycles. The fourth-order valence-corrected chi connectivity index (χ4v) is 3.87. The highest BCUT2D eigenvalue weighted by Crippen LogP contribution is 2.24. The molecule has 2 amide bonds. The number of amides is 2. The third-order valence-corrected chi connectivity index (χ3v) is 5.83. The Balaban J connectivity index is 1.31. The number of allylic oxidation sites excluding steroid dienone is 1. The van der Waals surface area contributed by atoms with Crippen LogP contribution >= 0.6 is 0 Å². The quantitative estimate of drug-likeness (QED) is 0.647. The minimum Gasteiger partial charge on any atom is -0.413 e. The fraction of sp³-hybridized carbons (Fsp3) is 0.333. The number of hydrogen-bond acceptors (Lipinski definition) is 6. The third kappa shape index (κ3) is 5.09. The van der Waals surface area contributed by atoms with Crippen LogP contribution in [0, 0.1) is 0 Å². The lowest BCUT2D eigenvalue weighted by molar-refractivity contribution is -0.118. The van der Waals surface area contributed by atoms with Crippen LogP contribution in [0.15, 0.2) is 60.4 Å². The molecule has 2 aliphatic rings. The highest BCUT2D eigenvalue weighted by atomic mass is 16.7. The summed E-state index contributed by atoms with van der Waals surface area (Å²) in [5, 5.41) is 5.72. The van der Waals surface area contributed by atoms with E-state index in [1.165, 1.54) is 5.69 Å². The van der Waals surface area contributed by atoms with Crippen LogP contribution in [0.4, 0.5) is 17.1 Å². The molecular formula is C24H29N5O3. The van der Waals surface area contributed by atoms with Gasteiger partial charge in [-0.1, -0.05) is 0 Å². The molecule has 8 heteroatoms. The maximum Gasteiger partial charge on any atom is 0.255 e. The summed E-state index contributed by atoms with van der Waals surface area (Å²) in [4.78, 5) is 34.5. The number of hydrogen-bond donors (Lipinski definition) is 3. The molecule has 3 N–H and O–H groups in total. The molecular weight excluding hydrogens is 406 g/mol. The first-order valence-corrected chi connectivity index (χ1v) is 10.7. The van der Waals surface area contributed by atoms with Crippen molar-refractivity contribution in [1.29, 1.82) is 0 Å². The Morgan fingerprint density at radius 3 is 2.28 bits per heavy atom. The molecule has 4 rings (SSSR count). The number of likely N-dealkylation sites (N-methyl/N-ethyl adjacent to an activating group) is 1. The van der Waals surface area contributed by atoms with Crippen LogP contribution in [0.25, 0.3) is 0 Å². The van der Waals surface area contributed by atoms with Gasteiger partial charge in [-0.2, -0.15) is 0 Å². The topological polar surface area (TPSA) is 85.9 Å². The number of hydroxylamine groups is 1. The maximum absolute atomic E-state index is 12.6. The molecule has 2 aromatic rings. The van der Waals surface area contributed by atoms with Crippen molar-refractivity contribution in [2.45, 2.75) is 25.4 Å². The predicted octanol–water partition coefficient (Wildman–Crippen LogP) is 2.82. The average molecular weight is 436 g/mol. The van der Waals surface area contributed by atoms with Crippen LogP contribution in [-0.2, 0) is 9.63 Å². The van der Waals surface area contributed by atoms with Crippen LogP contribution in [0.1, 0.15) is 23.7 Å². The Hall–Kier alpha value is -3.36. The molecule has 0 aliphatic carbocycles. The zero-order valence-corrected chi connectivity index (χ0v) is 18.6. The Morgan fingerprint density at radius 2 is 1.69 bits per heavy atom. The highest BCUT2D eigenvalue weighted by Gasteiger charge is 2.24. The molecule has 2 aromatic carbocycles. The van der Waals surface area contributed by atoms with Crippen molar-refractivity contribution in [1.82, 2.24) is 10.4 Å². The van der Waals surface area contributed by atoms with E-state index >= 15 is 0 Å². The summed E-state index contributed by atoms with van der Waals surface area (Å²) in [6, 6.07) is 14.8. The van der Waals surface area contributed by atoms with Crippen molar-refractivity contribution in [2.75, 3.05) is 42.7 Å². The molecule has 2 unspecified atom stereocenters. The first-order valence-electron chi connectivity index (χ1n) is 10.7. The van der Waals surface area contributed by atoms with E-state index in [4.69, 9.17) is 4.84 Å². The third-order valence-electron chi connectivity index (χ3n) is 5.83. The maximum atomic E-state index is 12.6. The highest BCUT2D eigenvalue weighted by molar-refractivity contribution is 6.05. The average Bonchev–Trinajstić information content (AvgIpc) is 3.44. The molecule has 2 atom stereocenters. The SMILES string of the molecule is CC1=CC(C(=O)Nc2ccc(C(=O)Nc3ccc(N4CCC(N(C)C)C4)cc3)cc2)NO1. The van der Waals surface area contributed by atoms with Crippen LogP contribution < -0.4 is 21.0 Å². The summed E-state index contributed by atoms with van der Waals surface area (Å²) in [5.74, 6) is 0.228. The Labute approximate surface area is 188 Å². The zero-order valence-electron chi connectivity index (χ0n) is 18.6. The number of anilines is 3. The second-order valence-corrected chi connectivity index (χ2v) is 8.39. The molecule has 0 bridgehead atoms. The van der Waals surface area contributed by atoms with E-state index in [1.807, 2.05) is 24.3 Å². The minimum absolute atomic E-state index is 0.200. The van der Waals surface area contributed by atoms with Crippen molar-refractivity contribution < 1.29 is 14.4 Å². The van der Waals surface area contributed by atoms with Crippen molar-refractivity contribution in [3.63, 3.8) is 0 Å². The van der Waals surface area contributed by atoms with E-state index in [1.54, 1.807) is 37.3 Å². The summed E-state index contributed by atoms with van der Waals surface area (Å²) in [7, 11) is 4.24. The van der Waals surface area contributed by atoms with Gasteiger partial charge in [-0.15, -0.1) is 5.48 Å². The molecule has 32 heavy (non-hydrogen) atoms. The Kier molecular flexibility index (Phi) is 6.43. The molecule has 2 aliphatic heterocycles. The van der Waals surface area contributed by atoms with Gasteiger partial charge in [0.25, 0.3) is 5.91 Å². The molecule has 0 spiro atoms. The first kappa shape index (κ1) is 21.9. The van der Waals surface area contributed by atoms with Gasteiger partial charge in [-0.3, -0.25) is 9.59 Å². The van der Waals surface area contributed by atoms with Gasteiger partial charge in [-0.05, 0) is 82.0 Å². The molecule has 2 heterocycles. The second kappa shape index (κ2) is 9.42. The number of rotatable bonds is 6. The van der Waals surface area contributed by atoms with Crippen molar-refractivity contribution in [3.8, 4) is 0 Å². The van der Waals surface area contributed by atoms with E-state index in [-0.39, 0.29) is 11.8 Å². The van der Waals surface area contributed by atoms with Gasteiger partial charge < -0.3 is 25.3 Å². The van der Waals surface area contributed by atoms with E-state index in [0.29, 0.717) is 23.1 Å². The standard InChI is InChI=1S/C24H29N5O3/c1-16-14-22(27-32-16)24(31)26-18-6-4-17(5-7-18)23(30)25-19-8-10-20(11-9-19)29-13-12-21(15-29)28(2)3/h4-11,14,21-22,27H,12-13,15H2,1-3H3,(H,25,30)(H,26,31). The summed E-state index contributed by atoms with van der Waals surface area (Å²) < 4.78 is 0. The lowest BCUT2D eigenvalue weighted by atomic mass is 10.1. The van der Waals surface area contributed by atoms with Crippen molar-refractivity contribution in [3.05, 3.63) is 65.9 Å². The van der Waals surface area contributed by atoms with Crippen molar-refractivity contribution in [2.24, 2.45) is 0 Å². The Morgan fingerprint density at radius 1 is 1.03 bits per heavy atom. The molecule has 8 nitrogen and oxygen atoms in total. The monoisotopic (exact) mass is 435 g/mol. The largest absolute Gasteiger partial charge is 0.413 e. The normalized spacial score (nSPS) is 20.1. The van der Waals surface area contributed by atoms with Gasteiger partial charge in [0.1, 0.15) is 11.8 Å².